The number of rotatable bonds is 4. The van der Waals surface area contributed by atoms with E-state index in [0.29, 0.717) is 0 Å². The molecule has 1 aromatic carbocycles. The van der Waals surface area contributed by atoms with Gasteiger partial charge in [0.15, 0.2) is 0 Å². The van der Waals surface area contributed by atoms with Gasteiger partial charge < -0.3 is 9.64 Å². The zero-order chi connectivity index (χ0) is 15.6. The van der Waals surface area contributed by atoms with Gasteiger partial charge >= 0.3 is 6.36 Å². The van der Waals surface area contributed by atoms with Gasteiger partial charge in [-0.15, -0.1) is 24.8 Å². The lowest BCUT2D eigenvalue weighted by atomic mass is 10.0. The Bertz CT molecular complexity index is 471. The molecule has 0 atom stereocenters. The first kappa shape index (κ1) is 16.6. The van der Waals surface area contributed by atoms with Crippen molar-refractivity contribution in [1.82, 2.24) is 4.90 Å². The third-order valence-electron chi connectivity index (χ3n) is 2.87. The summed E-state index contributed by atoms with van der Waals surface area (Å²) in [5, 5.41) is 0. The Morgan fingerprint density at radius 1 is 1.25 bits per heavy atom. The van der Waals surface area contributed by atoms with Gasteiger partial charge in [-0.25, -0.2) is 0 Å². The van der Waals surface area contributed by atoms with Crippen LogP contribution in [0.2, 0.25) is 0 Å². The second-order valence-corrected chi connectivity index (χ2v) is 5.15. The highest BCUT2D eigenvalue weighted by molar-refractivity contribution is 6.18. The van der Waals surface area contributed by atoms with Gasteiger partial charge in [0.1, 0.15) is 5.75 Å². The Balaban J connectivity index is 2.86. The van der Waals surface area contributed by atoms with Crippen molar-refractivity contribution >= 4 is 17.5 Å². The van der Waals surface area contributed by atoms with Gasteiger partial charge in [-0.2, -0.15) is 0 Å². The summed E-state index contributed by atoms with van der Waals surface area (Å²) in [6, 6.07) is 4.76. The van der Waals surface area contributed by atoms with Gasteiger partial charge in [-0.1, -0.05) is 0 Å². The van der Waals surface area contributed by atoms with Gasteiger partial charge in [0.05, 0.1) is 5.54 Å². The molecule has 0 bridgehead atoms. The Kier molecular flexibility index (Phi) is 4.91. The van der Waals surface area contributed by atoms with Crippen molar-refractivity contribution in [2.24, 2.45) is 0 Å². The molecule has 3 nitrogen and oxygen atoms in total. The summed E-state index contributed by atoms with van der Waals surface area (Å²) in [4.78, 5) is 13.6. The van der Waals surface area contributed by atoms with Gasteiger partial charge in [-0.05, 0) is 38.1 Å². The van der Waals surface area contributed by atoms with Crippen LogP contribution in [0.1, 0.15) is 24.2 Å². The summed E-state index contributed by atoms with van der Waals surface area (Å²) in [6.45, 7) is 3.58. The predicted octanol–water partition coefficient (Wildman–Crippen LogP) is 3.67. The maximum atomic E-state index is 12.2. The highest BCUT2D eigenvalue weighted by Gasteiger charge is 2.31. The quantitative estimate of drug-likeness (QED) is 0.794. The molecule has 1 aromatic rings. The number of nitrogens with zero attached hydrogens (tertiary/aromatic N) is 1. The average molecular weight is 310 g/mol. The Labute approximate surface area is 120 Å². The third-order valence-corrected chi connectivity index (χ3v) is 3.53. The summed E-state index contributed by atoms with van der Waals surface area (Å²) < 4.78 is 39.8. The number of halogens is 4. The van der Waals surface area contributed by atoms with Crippen LogP contribution < -0.4 is 4.74 Å². The topological polar surface area (TPSA) is 29.5 Å². The molecule has 0 aliphatic heterocycles. The van der Waals surface area contributed by atoms with E-state index in [1.54, 1.807) is 20.9 Å². The molecule has 112 valence electrons. The summed E-state index contributed by atoms with van der Waals surface area (Å²) in [6.07, 6.45) is -4.75. The lowest BCUT2D eigenvalue weighted by Gasteiger charge is -2.34. The zero-order valence-electron chi connectivity index (χ0n) is 11.3. The molecule has 0 fully saturated rings. The number of benzene rings is 1. The Morgan fingerprint density at radius 2 is 1.75 bits per heavy atom. The van der Waals surface area contributed by atoms with E-state index in [0.717, 1.165) is 12.1 Å². The van der Waals surface area contributed by atoms with Crippen molar-refractivity contribution in [2.75, 3.05) is 12.9 Å². The molecule has 0 saturated heterocycles. The predicted molar refractivity (Wildman–Crippen MR) is 70.0 cm³/mol. The van der Waals surface area contributed by atoms with E-state index in [1.807, 2.05) is 0 Å². The van der Waals surface area contributed by atoms with Crippen LogP contribution in [0.15, 0.2) is 24.3 Å². The van der Waals surface area contributed by atoms with Gasteiger partial charge in [0.2, 0.25) is 0 Å². The summed E-state index contributed by atoms with van der Waals surface area (Å²) >= 11 is 5.78. The minimum Gasteiger partial charge on any atom is -0.406 e. The SMILES string of the molecule is CN(C(=O)c1ccc(OC(F)(F)F)cc1)C(C)(C)CCl. The molecule has 0 aromatic heterocycles. The van der Waals surface area contributed by atoms with E-state index >= 15 is 0 Å². The lowest BCUT2D eigenvalue weighted by Crippen LogP contribution is -2.46. The largest absolute Gasteiger partial charge is 0.573 e. The fourth-order valence-electron chi connectivity index (χ4n) is 1.36. The second kappa shape index (κ2) is 5.91. The van der Waals surface area contributed by atoms with Crippen molar-refractivity contribution < 1.29 is 22.7 Å². The molecule has 0 unspecified atom stereocenters. The van der Waals surface area contributed by atoms with E-state index in [1.165, 1.54) is 17.0 Å². The van der Waals surface area contributed by atoms with Crippen molar-refractivity contribution in [2.45, 2.75) is 25.7 Å². The van der Waals surface area contributed by atoms with E-state index in [4.69, 9.17) is 11.6 Å². The van der Waals surface area contributed by atoms with Crippen LogP contribution in [-0.2, 0) is 0 Å². The highest BCUT2D eigenvalue weighted by Crippen LogP contribution is 2.24. The van der Waals surface area contributed by atoms with Crippen LogP contribution in [0.3, 0.4) is 0 Å². The number of alkyl halides is 4. The minimum absolute atomic E-state index is 0.241. The zero-order valence-corrected chi connectivity index (χ0v) is 12.0. The fourth-order valence-corrected chi connectivity index (χ4v) is 1.54. The van der Waals surface area contributed by atoms with E-state index in [2.05, 4.69) is 4.74 Å². The van der Waals surface area contributed by atoms with Crippen LogP contribution in [0.4, 0.5) is 13.2 Å². The van der Waals surface area contributed by atoms with Gasteiger partial charge in [0.25, 0.3) is 5.91 Å². The standard InChI is InChI=1S/C13H15ClF3NO2/c1-12(2,8-14)18(3)11(19)9-4-6-10(7-5-9)20-13(15,16)17/h4-7H,8H2,1-3H3. The van der Waals surface area contributed by atoms with Crippen LogP contribution in [0.5, 0.6) is 5.75 Å². The molecular formula is C13H15ClF3NO2. The maximum Gasteiger partial charge on any atom is 0.573 e. The first-order chi connectivity index (χ1) is 9.07. The van der Waals surface area contributed by atoms with Gasteiger partial charge in [-0.3, -0.25) is 4.79 Å². The number of ether oxygens (including phenoxy) is 1. The minimum atomic E-state index is -4.75. The molecule has 1 rings (SSSR count). The second-order valence-electron chi connectivity index (χ2n) is 4.88. The van der Waals surface area contributed by atoms with E-state index < -0.39 is 11.9 Å². The van der Waals surface area contributed by atoms with Crippen LogP contribution in [0.25, 0.3) is 0 Å². The molecule has 0 radical (unpaired) electrons. The molecule has 0 saturated carbocycles. The van der Waals surface area contributed by atoms with Crippen molar-refractivity contribution in [3.8, 4) is 5.75 Å². The Morgan fingerprint density at radius 3 is 2.15 bits per heavy atom. The van der Waals surface area contributed by atoms with Crippen molar-refractivity contribution in [1.29, 1.82) is 0 Å². The summed E-state index contributed by atoms with van der Waals surface area (Å²) in [7, 11) is 1.59. The lowest BCUT2D eigenvalue weighted by molar-refractivity contribution is -0.274. The summed E-state index contributed by atoms with van der Waals surface area (Å²) in [5.74, 6) is -0.452. The molecule has 0 aliphatic carbocycles. The van der Waals surface area contributed by atoms with Crippen LogP contribution in [0, 0.1) is 0 Å². The van der Waals surface area contributed by atoms with E-state index in [-0.39, 0.29) is 23.1 Å². The molecular weight excluding hydrogens is 295 g/mol. The average Bonchev–Trinajstić information content (AvgIpc) is 2.36. The van der Waals surface area contributed by atoms with Crippen LogP contribution >= 0.6 is 11.6 Å². The number of amides is 1. The van der Waals surface area contributed by atoms with Crippen molar-refractivity contribution in [3.63, 3.8) is 0 Å². The molecule has 1 amide bonds. The Hall–Kier alpha value is -1.43. The number of hydrogen-bond acceptors (Lipinski definition) is 2. The first-order valence-electron chi connectivity index (χ1n) is 5.77. The monoisotopic (exact) mass is 309 g/mol. The normalized spacial score (nSPS) is 12.2. The number of hydrogen-bond donors (Lipinski definition) is 0. The number of carbonyl (C=O) groups excluding carboxylic acids is 1. The fraction of sp³-hybridized carbons (Fsp3) is 0.462. The van der Waals surface area contributed by atoms with E-state index in [9.17, 15) is 18.0 Å². The third kappa shape index (κ3) is 4.30. The van der Waals surface area contributed by atoms with Gasteiger partial charge in [0, 0.05) is 18.5 Å². The maximum absolute atomic E-state index is 12.2. The smallest absolute Gasteiger partial charge is 0.406 e. The molecule has 0 spiro atoms. The van der Waals surface area contributed by atoms with Crippen molar-refractivity contribution in [3.05, 3.63) is 29.8 Å². The molecule has 7 heteroatoms. The molecule has 0 N–H and O–H groups in total. The molecule has 0 heterocycles. The molecule has 20 heavy (non-hydrogen) atoms. The summed E-state index contributed by atoms with van der Waals surface area (Å²) in [5.41, 5.74) is -0.292. The van der Waals surface area contributed by atoms with Crippen LogP contribution in [-0.4, -0.2) is 35.6 Å². The molecule has 0 aliphatic rings. The highest BCUT2D eigenvalue weighted by atomic mass is 35.5. The number of carbonyl (C=O) groups is 1. The first-order valence-corrected chi connectivity index (χ1v) is 6.30.